The van der Waals surface area contributed by atoms with Crippen molar-refractivity contribution < 1.29 is 55.8 Å². The Kier molecular flexibility index (Phi) is 16.7. The van der Waals surface area contributed by atoms with E-state index in [9.17, 15) is 0 Å². The Morgan fingerprint density at radius 1 is 0.667 bits per heavy atom. The first-order chi connectivity index (χ1) is 12.7. The second kappa shape index (κ2) is 16.3. The fourth-order valence-corrected chi connectivity index (χ4v) is 3.01. The molecule has 0 fully saturated rings. The quantitative estimate of drug-likeness (QED) is 0.269. The Morgan fingerprint density at radius 2 is 1.13 bits per heavy atom. The molecule has 1 nitrogen and oxygen atoms in total. The summed E-state index contributed by atoms with van der Waals surface area (Å²) in [5.74, 6) is 1.37. The summed E-state index contributed by atoms with van der Waals surface area (Å²) in [5, 5.41) is 2.66. The van der Waals surface area contributed by atoms with Crippen molar-refractivity contribution in [2.45, 2.75) is 0 Å². The SMILES string of the molecule is CN(C)C[C-](c1ccccc1)c1ccccc1.[Cl-].[Cl-].[Cl-].[V].c1ccc2[cH-]ccc2c1. The molecule has 4 aromatic rings. The van der Waals surface area contributed by atoms with Gasteiger partial charge in [0.2, 0.25) is 0 Å². The molecule has 0 heterocycles. The summed E-state index contributed by atoms with van der Waals surface area (Å²) in [4.78, 5) is 2.20. The van der Waals surface area contributed by atoms with Gasteiger partial charge in [0.15, 0.2) is 0 Å². The van der Waals surface area contributed by atoms with Gasteiger partial charge in [-0.3, -0.25) is 0 Å². The van der Waals surface area contributed by atoms with E-state index in [1.807, 2.05) is 0 Å². The van der Waals surface area contributed by atoms with Crippen molar-refractivity contribution in [2.24, 2.45) is 0 Å². The monoisotopic (exact) mass is 495 g/mol. The van der Waals surface area contributed by atoms with Gasteiger partial charge in [-0.05, 0) is 20.6 Å². The molecule has 0 unspecified atom stereocenters. The van der Waals surface area contributed by atoms with Gasteiger partial charge in [0.25, 0.3) is 0 Å². The smallest absolute Gasteiger partial charge is 0 e. The Balaban J connectivity index is 0. The van der Waals surface area contributed by atoms with Crippen LogP contribution < -0.4 is 37.2 Å². The number of likely N-dealkylation sites (N-methyl/N-ethyl adjacent to an activating group) is 1. The Morgan fingerprint density at radius 3 is 1.60 bits per heavy atom. The molecule has 0 saturated heterocycles. The summed E-state index contributed by atoms with van der Waals surface area (Å²) in [6.45, 7) is 0.952. The van der Waals surface area contributed by atoms with Crippen molar-refractivity contribution in [3.63, 3.8) is 0 Å². The largest absolute Gasteiger partial charge is 1.00 e. The van der Waals surface area contributed by atoms with Gasteiger partial charge in [-0.25, -0.2) is 0 Å². The van der Waals surface area contributed by atoms with Gasteiger partial charge < -0.3 is 42.1 Å². The molecule has 4 aromatic carbocycles. The molecule has 0 bridgehead atoms. The van der Waals surface area contributed by atoms with E-state index in [4.69, 9.17) is 0 Å². The van der Waals surface area contributed by atoms with Crippen LogP contribution in [-0.4, -0.2) is 25.5 Å². The molecule has 1 radical (unpaired) electrons. The number of rotatable bonds is 4. The summed E-state index contributed by atoms with van der Waals surface area (Å²) in [6.07, 6.45) is 0. The molecule has 0 spiro atoms. The number of nitrogens with zero attached hydrogens (tertiary/aromatic N) is 1. The Hall–Kier alpha value is -1.45. The summed E-state index contributed by atoms with van der Waals surface area (Å²) in [5.41, 5.74) is 2.60. The maximum absolute atomic E-state index is 2.20. The van der Waals surface area contributed by atoms with Crippen LogP contribution in [0.4, 0.5) is 0 Å². The summed E-state index contributed by atoms with van der Waals surface area (Å²) in [7, 11) is 4.21. The van der Waals surface area contributed by atoms with Crippen LogP contribution in [0.25, 0.3) is 10.8 Å². The van der Waals surface area contributed by atoms with Crippen LogP contribution in [0.15, 0.2) is 103 Å². The van der Waals surface area contributed by atoms with Gasteiger partial charge in [0.1, 0.15) is 0 Å². The molecule has 0 atom stereocenters. The standard InChI is InChI=1S/C16H18N.C9H7.3ClH.V/c1-17(2)13-16(14-9-5-3-6-10-14)15-11-7-4-8-12-15;1-2-5-9-7-3-6-8(9)4-1;;;;/h3-12H,13H2,1-2H3;1-7H;3*1H;/q2*-1;;;;/p-3. The third-order valence-electron chi connectivity index (χ3n) is 4.27. The zero-order valence-corrected chi connectivity index (χ0v) is 20.7. The van der Waals surface area contributed by atoms with Crippen LogP contribution >= 0.6 is 0 Å². The van der Waals surface area contributed by atoms with Crippen molar-refractivity contribution in [2.75, 3.05) is 20.6 Å². The molecule has 0 aromatic heterocycles. The summed E-state index contributed by atoms with van der Waals surface area (Å²) in [6, 6.07) is 35.8. The first kappa shape index (κ1) is 30.7. The number of benzene rings is 3. The molecular formula is C25H25Cl3NV-5. The van der Waals surface area contributed by atoms with Crippen molar-refractivity contribution in [3.05, 3.63) is 120 Å². The van der Waals surface area contributed by atoms with Crippen LogP contribution in [0, 0.1) is 5.92 Å². The number of halogens is 3. The van der Waals surface area contributed by atoms with Crippen LogP contribution in [0.2, 0.25) is 0 Å². The van der Waals surface area contributed by atoms with Crippen molar-refractivity contribution in [3.8, 4) is 0 Å². The van der Waals surface area contributed by atoms with Crippen LogP contribution in [0.5, 0.6) is 0 Å². The maximum atomic E-state index is 2.20. The molecule has 4 rings (SSSR count). The molecule has 161 valence electrons. The summed E-state index contributed by atoms with van der Waals surface area (Å²) >= 11 is 0. The molecule has 0 aliphatic heterocycles. The van der Waals surface area contributed by atoms with Gasteiger partial charge >= 0.3 is 0 Å². The van der Waals surface area contributed by atoms with E-state index >= 15 is 0 Å². The average molecular weight is 497 g/mol. The minimum atomic E-state index is 0. The van der Waals surface area contributed by atoms with Crippen LogP contribution in [-0.2, 0) is 18.6 Å². The van der Waals surface area contributed by atoms with E-state index in [0.717, 1.165) is 6.54 Å². The minimum Gasteiger partial charge on any atom is -1.00 e. The van der Waals surface area contributed by atoms with Crippen molar-refractivity contribution in [1.29, 1.82) is 0 Å². The number of fused-ring (bicyclic) bond motifs is 1. The normalized spacial score (nSPS) is 9.03. The molecule has 0 amide bonds. The van der Waals surface area contributed by atoms with Crippen molar-refractivity contribution >= 4 is 10.8 Å². The third kappa shape index (κ3) is 9.14. The molecule has 30 heavy (non-hydrogen) atoms. The number of hydrogen-bond acceptors (Lipinski definition) is 1. The predicted octanol–water partition coefficient (Wildman–Crippen LogP) is -3.21. The second-order valence-electron chi connectivity index (χ2n) is 6.60. The molecule has 5 heteroatoms. The predicted molar refractivity (Wildman–Crippen MR) is 112 cm³/mol. The molecule has 0 saturated carbocycles. The molecule has 0 aliphatic carbocycles. The van der Waals surface area contributed by atoms with Crippen LogP contribution in [0.1, 0.15) is 11.1 Å². The Labute approximate surface area is 211 Å². The Bertz CT molecular complexity index is 842. The van der Waals surface area contributed by atoms with Gasteiger partial charge in [-0.1, -0.05) is 48.4 Å². The minimum absolute atomic E-state index is 0. The summed E-state index contributed by atoms with van der Waals surface area (Å²) < 4.78 is 0. The molecule has 0 N–H and O–H groups in total. The van der Waals surface area contributed by atoms with E-state index < -0.39 is 0 Å². The van der Waals surface area contributed by atoms with E-state index in [1.54, 1.807) is 0 Å². The average Bonchev–Trinajstić information content (AvgIpc) is 3.17. The fraction of sp³-hybridized carbons (Fsp3) is 0.120. The second-order valence-corrected chi connectivity index (χ2v) is 6.60. The van der Waals surface area contributed by atoms with E-state index in [2.05, 4.69) is 122 Å². The molecule has 0 aliphatic rings. The maximum Gasteiger partial charge on any atom is 0 e. The van der Waals surface area contributed by atoms with E-state index in [1.165, 1.54) is 27.8 Å². The van der Waals surface area contributed by atoms with Gasteiger partial charge in [0, 0.05) is 18.6 Å². The zero-order chi connectivity index (χ0) is 18.2. The van der Waals surface area contributed by atoms with Gasteiger partial charge in [-0.15, -0.1) is 65.0 Å². The van der Waals surface area contributed by atoms with Gasteiger partial charge in [-0.2, -0.15) is 17.5 Å². The first-order valence-electron chi connectivity index (χ1n) is 8.96. The van der Waals surface area contributed by atoms with Crippen molar-refractivity contribution in [1.82, 2.24) is 4.90 Å². The first-order valence-corrected chi connectivity index (χ1v) is 8.96. The number of hydrogen-bond donors (Lipinski definition) is 0. The van der Waals surface area contributed by atoms with E-state index in [-0.39, 0.29) is 55.8 Å². The van der Waals surface area contributed by atoms with Crippen LogP contribution in [0.3, 0.4) is 0 Å². The zero-order valence-electron chi connectivity index (χ0n) is 17.1. The third-order valence-corrected chi connectivity index (χ3v) is 4.27. The topological polar surface area (TPSA) is 3.24 Å². The van der Waals surface area contributed by atoms with Gasteiger partial charge in [0.05, 0.1) is 0 Å². The van der Waals surface area contributed by atoms with E-state index in [0.29, 0.717) is 0 Å². The molecular weight excluding hydrogens is 472 g/mol. The fourth-order valence-electron chi connectivity index (χ4n) is 3.01.